The van der Waals surface area contributed by atoms with Crippen molar-refractivity contribution in [2.75, 3.05) is 11.9 Å². The van der Waals surface area contributed by atoms with E-state index in [9.17, 15) is 14.9 Å². The first kappa shape index (κ1) is 19.2. The monoisotopic (exact) mass is 358 g/mol. The number of anilines is 1. The van der Waals surface area contributed by atoms with Crippen molar-refractivity contribution >= 4 is 17.5 Å². The Morgan fingerprint density at radius 3 is 2.46 bits per heavy atom. The Kier molecular flexibility index (Phi) is 5.82. The number of nitro benzene ring substituents is 1. The van der Waals surface area contributed by atoms with Gasteiger partial charge in [-0.25, -0.2) is 4.79 Å². The highest BCUT2D eigenvalue weighted by molar-refractivity contribution is 5.88. The Morgan fingerprint density at radius 2 is 1.85 bits per heavy atom. The molecule has 7 heteroatoms. The minimum absolute atomic E-state index is 0.134. The molecule has 0 radical (unpaired) electrons. The average molecular weight is 358 g/mol. The first-order valence-electron chi connectivity index (χ1n) is 8.22. The van der Waals surface area contributed by atoms with Crippen LogP contribution in [0.5, 0.6) is 5.75 Å². The van der Waals surface area contributed by atoms with Gasteiger partial charge in [0, 0.05) is 11.6 Å². The molecule has 0 aromatic heterocycles. The van der Waals surface area contributed by atoms with Gasteiger partial charge in [0.25, 0.3) is 5.69 Å². The van der Waals surface area contributed by atoms with Crippen molar-refractivity contribution in [2.45, 2.75) is 33.3 Å². The summed E-state index contributed by atoms with van der Waals surface area (Å²) in [6.07, 6.45) is -0.672. The van der Waals surface area contributed by atoms with Crippen LogP contribution in [-0.4, -0.2) is 23.2 Å². The van der Waals surface area contributed by atoms with E-state index in [-0.39, 0.29) is 11.4 Å². The predicted octanol–water partition coefficient (Wildman–Crippen LogP) is 5.01. The summed E-state index contributed by atoms with van der Waals surface area (Å²) in [5.41, 5.74) is 0.514. The zero-order chi connectivity index (χ0) is 19.3. The molecular formula is C19H22N2O5. The molecule has 0 atom stereocenters. The SMILES string of the molecule is CCOc1ccccc1-c1ccc(NC(=O)OC(C)(C)C)cc1[N+](=O)[O-]. The minimum Gasteiger partial charge on any atom is -0.493 e. The fourth-order valence-electron chi connectivity index (χ4n) is 2.38. The van der Waals surface area contributed by atoms with Gasteiger partial charge in [-0.3, -0.25) is 15.4 Å². The molecule has 0 heterocycles. The summed E-state index contributed by atoms with van der Waals surface area (Å²) < 4.78 is 10.7. The van der Waals surface area contributed by atoms with Gasteiger partial charge in [-0.2, -0.15) is 0 Å². The maximum atomic E-state index is 11.9. The van der Waals surface area contributed by atoms with Gasteiger partial charge in [-0.1, -0.05) is 18.2 Å². The van der Waals surface area contributed by atoms with Crippen LogP contribution in [0.1, 0.15) is 27.7 Å². The van der Waals surface area contributed by atoms with Crippen molar-refractivity contribution in [2.24, 2.45) is 0 Å². The molecule has 0 aliphatic carbocycles. The molecule has 7 nitrogen and oxygen atoms in total. The van der Waals surface area contributed by atoms with E-state index < -0.39 is 16.6 Å². The van der Waals surface area contributed by atoms with E-state index in [1.54, 1.807) is 57.2 Å². The second kappa shape index (κ2) is 7.86. The summed E-state index contributed by atoms with van der Waals surface area (Å²) in [5.74, 6) is 0.561. The maximum Gasteiger partial charge on any atom is 0.412 e. The van der Waals surface area contributed by atoms with Gasteiger partial charge in [0.15, 0.2) is 0 Å². The van der Waals surface area contributed by atoms with Crippen molar-refractivity contribution in [1.82, 2.24) is 0 Å². The molecule has 26 heavy (non-hydrogen) atoms. The first-order valence-corrected chi connectivity index (χ1v) is 8.22. The molecule has 0 saturated heterocycles. The number of hydrogen-bond donors (Lipinski definition) is 1. The molecule has 2 aromatic rings. The van der Waals surface area contributed by atoms with Gasteiger partial charge >= 0.3 is 6.09 Å². The van der Waals surface area contributed by atoms with E-state index in [2.05, 4.69) is 5.32 Å². The summed E-state index contributed by atoms with van der Waals surface area (Å²) in [5, 5.41) is 14.1. The summed E-state index contributed by atoms with van der Waals surface area (Å²) in [4.78, 5) is 22.9. The number of benzene rings is 2. The molecule has 0 fully saturated rings. The molecule has 0 unspecified atom stereocenters. The lowest BCUT2D eigenvalue weighted by atomic mass is 10.0. The number of carbonyl (C=O) groups excluding carboxylic acids is 1. The quantitative estimate of drug-likeness (QED) is 0.599. The molecule has 0 aliphatic rings. The summed E-state index contributed by atoms with van der Waals surface area (Å²) >= 11 is 0. The number of hydrogen-bond acceptors (Lipinski definition) is 5. The molecule has 0 spiro atoms. The Bertz CT molecular complexity index is 812. The highest BCUT2D eigenvalue weighted by Gasteiger charge is 2.21. The van der Waals surface area contributed by atoms with Crippen molar-refractivity contribution < 1.29 is 19.2 Å². The van der Waals surface area contributed by atoms with Crippen LogP contribution in [0, 0.1) is 10.1 Å². The standard InChI is InChI=1S/C19H22N2O5/c1-5-25-17-9-7-6-8-15(17)14-11-10-13(12-16(14)21(23)24)20-18(22)26-19(2,3)4/h6-12H,5H2,1-4H3,(H,20,22). The van der Waals surface area contributed by atoms with Gasteiger partial charge in [0.1, 0.15) is 11.4 Å². The smallest absolute Gasteiger partial charge is 0.412 e. The Labute approximate surface area is 152 Å². The van der Waals surface area contributed by atoms with Crippen LogP contribution in [0.4, 0.5) is 16.2 Å². The van der Waals surface area contributed by atoms with Crippen molar-refractivity contribution in [1.29, 1.82) is 0 Å². The zero-order valence-electron chi connectivity index (χ0n) is 15.2. The Morgan fingerprint density at radius 1 is 1.15 bits per heavy atom. The van der Waals surface area contributed by atoms with Crippen LogP contribution in [0.15, 0.2) is 42.5 Å². The molecular weight excluding hydrogens is 336 g/mol. The zero-order valence-corrected chi connectivity index (χ0v) is 15.2. The lowest BCUT2D eigenvalue weighted by molar-refractivity contribution is -0.384. The topological polar surface area (TPSA) is 90.7 Å². The predicted molar refractivity (Wildman–Crippen MR) is 99.6 cm³/mol. The van der Waals surface area contributed by atoms with Crippen molar-refractivity contribution in [3.8, 4) is 16.9 Å². The second-order valence-corrected chi connectivity index (χ2v) is 6.55. The number of carbonyl (C=O) groups is 1. The lowest BCUT2D eigenvalue weighted by Crippen LogP contribution is -2.27. The van der Waals surface area contributed by atoms with Crippen LogP contribution in [0.25, 0.3) is 11.1 Å². The number of para-hydroxylation sites is 1. The number of nitrogens with zero attached hydrogens (tertiary/aromatic N) is 1. The summed E-state index contributed by atoms with van der Waals surface area (Å²) in [7, 11) is 0. The van der Waals surface area contributed by atoms with E-state index in [0.29, 0.717) is 23.5 Å². The highest BCUT2D eigenvalue weighted by Crippen LogP contribution is 2.37. The molecule has 138 valence electrons. The molecule has 0 bridgehead atoms. The summed E-state index contributed by atoms with van der Waals surface area (Å²) in [6, 6.07) is 11.6. The number of amides is 1. The normalized spacial score (nSPS) is 10.9. The van der Waals surface area contributed by atoms with Crippen LogP contribution in [-0.2, 0) is 4.74 Å². The van der Waals surface area contributed by atoms with Crippen LogP contribution in [0.2, 0.25) is 0 Å². The number of nitro groups is 1. The average Bonchev–Trinajstić information content (AvgIpc) is 2.54. The molecule has 2 rings (SSSR count). The van der Waals surface area contributed by atoms with Gasteiger partial charge < -0.3 is 9.47 Å². The third kappa shape index (κ3) is 4.95. The van der Waals surface area contributed by atoms with E-state index in [1.165, 1.54) is 6.07 Å². The van der Waals surface area contributed by atoms with E-state index in [0.717, 1.165) is 0 Å². The van der Waals surface area contributed by atoms with E-state index in [1.807, 2.05) is 6.92 Å². The number of rotatable bonds is 5. The minimum atomic E-state index is -0.672. The Balaban J connectivity index is 2.39. The van der Waals surface area contributed by atoms with E-state index >= 15 is 0 Å². The Hall–Kier alpha value is -3.09. The third-order valence-corrected chi connectivity index (χ3v) is 3.32. The molecule has 0 aliphatic heterocycles. The fraction of sp³-hybridized carbons (Fsp3) is 0.316. The van der Waals surface area contributed by atoms with Crippen molar-refractivity contribution in [3.05, 3.63) is 52.6 Å². The number of ether oxygens (including phenoxy) is 2. The van der Waals surface area contributed by atoms with Crippen LogP contribution >= 0.6 is 0 Å². The first-order chi connectivity index (χ1) is 12.2. The van der Waals surface area contributed by atoms with E-state index in [4.69, 9.17) is 9.47 Å². The second-order valence-electron chi connectivity index (χ2n) is 6.55. The maximum absolute atomic E-state index is 11.9. The molecule has 0 saturated carbocycles. The van der Waals surface area contributed by atoms with Gasteiger partial charge in [-0.05, 0) is 45.9 Å². The largest absolute Gasteiger partial charge is 0.493 e. The number of nitrogens with one attached hydrogen (secondary N) is 1. The van der Waals surface area contributed by atoms with Gasteiger partial charge in [-0.15, -0.1) is 0 Å². The molecule has 1 amide bonds. The molecule has 2 aromatic carbocycles. The lowest BCUT2D eigenvalue weighted by Gasteiger charge is -2.19. The van der Waals surface area contributed by atoms with Gasteiger partial charge in [0.05, 0.1) is 22.8 Å². The highest BCUT2D eigenvalue weighted by atomic mass is 16.6. The van der Waals surface area contributed by atoms with Crippen molar-refractivity contribution in [3.63, 3.8) is 0 Å². The van der Waals surface area contributed by atoms with Gasteiger partial charge in [0.2, 0.25) is 0 Å². The summed E-state index contributed by atoms with van der Waals surface area (Å²) in [6.45, 7) is 7.51. The molecule has 1 N–H and O–H groups in total. The fourth-order valence-corrected chi connectivity index (χ4v) is 2.38. The van der Waals surface area contributed by atoms with Crippen LogP contribution in [0.3, 0.4) is 0 Å². The van der Waals surface area contributed by atoms with Crippen LogP contribution < -0.4 is 10.1 Å². The third-order valence-electron chi connectivity index (χ3n) is 3.32.